The van der Waals surface area contributed by atoms with Gasteiger partial charge in [0.25, 0.3) is 11.8 Å². The van der Waals surface area contributed by atoms with Gasteiger partial charge in [-0.2, -0.15) is 0 Å². The van der Waals surface area contributed by atoms with Crippen molar-refractivity contribution in [3.05, 3.63) is 89.8 Å². The van der Waals surface area contributed by atoms with Gasteiger partial charge in [0.1, 0.15) is 11.6 Å². The zero-order chi connectivity index (χ0) is 18.5. The number of carbonyl (C=O) groups excluding carboxylic acids is 2. The van der Waals surface area contributed by atoms with Gasteiger partial charge in [0.2, 0.25) is 0 Å². The molecule has 130 valence electrons. The van der Waals surface area contributed by atoms with Crippen LogP contribution in [0, 0.1) is 11.6 Å². The third kappa shape index (κ3) is 4.07. The van der Waals surface area contributed by atoms with Crippen molar-refractivity contribution in [2.75, 3.05) is 10.6 Å². The van der Waals surface area contributed by atoms with Gasteiger partial charge in [-0.15, -0.1) is 0 Å². The van der Waals surface area contributed by atoms with E-state index in [4.69, 9.17) is 0 Å². The largest absolute Gasteiger partial charge is 0.322 e. The summed E-state index contributed by atoms with van der Waals surface area (Å²) in [5, 5.41) is 4.99. The molecule has 0 atom stereocenters. The summed E-state index contributed by atoms with van der Waals surface area (Å²) in [6.45, 7) is 0. The summed E-state index contributed by atoms with van der Waals surface area (Å²) >= 11 is 0. The molecule has 0 aliphatic rings. The van der Waals surface area contributed by atoms with E-state index in [1.54, 1.807) is 24.3 Å². The molecule has 0 bridgehead atoms. The summed E-state index contributed by atoms with van der Waals surface area (Å²) < 4.78 is 26.6. The third-order valence-corrected chi connectivity index (χ3v) is 3.47. The third-order valence-electron chi connectivity index (χ3n) is 3.47. The van der Waals surface area contributed by atoms with Crippen molar-refractivity contribution in [3.63, 3.8) is 0 Å². The maximum atomic E-state index is 13.6. The molecule has 26 heavy (non-hydrogen) atoms. The van der Waals surface area contributed by atoms with Crippen molar-refractivity contribution in [2.24, 2.45) is 0 Å². The highest BCUT2D eigenvalue weighted by atomic mass is 19.1. The Balaban J connectivity index is 1.76. The van der Waals surface area contributed by atoms with Crippen LogP contribution in [0.1, 0.15) is 20.7 Å². The number of rotatable bonds is 4. The van der Waals surface area contributed by atoms with Gasteiger partial charge in [0.15, 0.2) is 0 Å². The number of nitrogens with zero attached hydrogens (tertiary/aromatic N) is 1. The van der Waals surface area contributed by atoms with E-state index in [0.29, 0.717) is 11.8 Å². The second-order valence-corrected chi connectivity index (χ2v) is 5.36. The summed E-state index contributed by atoms with van der Waals surface area (Å²) in [5.74, 6) is -2.75. The summed E-state index contributed by atoms with van der Waals surface area (Å²) in [7, 11) is 0. The van der Waals surface area contributed by atoms with Crippen LogP contribution in [-0.4, -0.2) is 16.8 Å². The molecular formula is C19H13F2N3O2. The van der Waals surface area contributed by atoms with Crippen molar-refractivity contribution in [1.29, 1.82) is 0 Å². The summed E-state index contributed by atoms with van der Waals surface area (Å²) in [4.78, 5) is 28.4. The highest BCUT2D eigenvalue weighted by Gasteiger charge is 2.14. The highest BCUT2D eigenvalue weighted by Crippen LogP contribution is 2.16. The van der Waals surface area contributed by atoms with Gasteiger partial charge in [-0.25, -0.2) is 8.78 Å². The van der Waals surface area contributed by atoms with Crippen LogP contribution in [0.3, 0.4) is 0 Å². The number of hydrogen-bond donors (Lipinski definition) is 2. The number of nitrogens with one attached hydrogen (secondary N) is 2. The monoisotopic (exact) mass is 353 g/mol. The van der Waals surface area contributed by atoms with Crippen LogP contribution < -0.4 is 10.6 Å². The molecule has 1 heterocycles. The molecule has 7 heteroatoms. The Morgan fingerprint density at radius 3 is 2.12 bits per heavy atom. The molecule has 0 radical (unpaired) electrons. The number of anilines is 2. The SMILES string of the molecule is O=C(Nc1ccccc1)c1cncc(C(=O)Nc2ccc(F)cc2F)c1. The Labute approximate surface area is 147 Å². The minimum Gasteiger partial charge on any atom is -0.322 e. The Hall–Kier alpha value is -3.61. The Morgan fingerprint density at radius 1 is 0.808 bits per heavy atom. The van der Waals surface area contributed by atoms with Crippen LogP contribution >= 0.6 is 0 Å². The van der Waals surface area contributed by atoms with E-state index in [0.717, 1.165) is 12.1 Å². The summed E-state index contributed by atoms with van der Waals surface area (Å²) in [6, 6.07) is 12.9. The topological polar surface area (TPSA) is 71.1 Å². The molecule has 5 nitrogen and oxygen atoms in total. The summed E-state index contributed by atoms with van der Waals surface area (Å²) in [6.07, 6.45) is 2.56. The minimum absolute atomic E-state index is 0.0643. The average Bonchev–Trinajstić information content (AvgIpc) is 2.65. The number of benzene rings is 2. The number of halogens is 2. The fourth-order valence-corrected chi connectivity index (χ4v) is 2.20. The maximum Gasteiger partial charge on any atom is 0.257 e. The lowest BCUT2D eigenvalue weighted by Gasteiger charge is -2.08. The van der Waals surface area contributed by atoms with Gasteiger partial charge >= 0.3 is 0 Å². The smallest absolute Gasteiger partial charge is 0.257 e. The van der Waals surface area contributed by atoms with E-state index in [1.165, 1.54) is 18.5 Å². The van der Waals surface area contributed by atoms with Gasteiger partial charge in [-0.3, -0.25) is 14.6 Å². The van der Waals surface area contributed by atoms with E-state index < -0.39 is 23.4 Å². The van der Waals surface area contributed by atoms with E-state index >= 15 is 0 Å². The Kier molecular flexibility index (Phi) is 4.98. The first-order valence-electron chi connectivity index (χ1n) is 7.61. The van der Waals surface area contributed by atoms with E-state index in [9.17, 15) is 18.4 Å². The fraction of sp³-hybridized carbons (Fsp3) is 0. The van der Waals surface area contributed by atoms with Crippen molar-refractivity contribution in [1.82, 2.24) is 4.98 Å². The molecular weight excluding hydrogens is 340 g/mol. The van der Waals surface area contributed by atoms with Crippen LogP contribution in [0.2, 0.25) is 0 Å². The lowest BCUT2D eigenvalue weighted by molar-refractivity contribution is 0.102. The lowest BCUT2D eigenvalue weighted by Crippen LogP contribution is -2.16. The number of carbonyl (C=O) groups is 2. The van der Waals surface area contributed by atoms with Crippen LogP contribution in [-0.2, 0) is 0 Å². The highest BCUT2D eigenvalue weighted by molar-refractivity contribution is 6.08. The van der Waals surface area contributed by atoms with Gasteiger partial charge in [0.05, 0.1) is 16.8 Å². The van der Waals surface area contributed by atoms with Crippen molar-refractivity contribution in [3.8, 4) is 0 Å². The second-order valence-electron chi connectivity index (χ2n) is 5.36. The predicted molar refractivity (Wildman–Crippen MR) is 92.9 cm³/mol. The molecule has 0 saturated heterocycles. The molecule has 0 saturated carbocycles. The van der Waals surface area contributed by atoms with Gasteiger partial charge < -0.3 is 10.6 Å². The zero-order valence-electron chi connectivity index (χ0n) is 13.4. The molecule has 1 aromatic heterocycles. The first-order valence-corrected chi connectivity index (χ1v) is 7.61. The molecule has 3 aromatic rings. The normalized spacial score (nSPS) is 10.2. The summed E-state index contributed by atoms with van der Waals surface area (Å²) in [5.41, 5.74) is 0.659. The van der Waals surface area contributed by atoms with Crippen LogP contribution in [0.15, 0.2) is 67.0 Å². The lowest BCUT2D eigenvalue weighted by atomic mass is 10.1. The van der Waals surface area contributed by atoms with Crippen molar-refractivity contribution in [2.45, 2.75) is 0 Å². The molecule has 2 N–H and O–H groups in total. The van der Waals surface area contributed by atoms with Crippen LogP contribution in [0.25, 0.3) is 0 Å². The molecule has 0 aliphatic carbocycles. The van der Waals surface area contributed by atoms with Gasteiger partial charge in [0, 0.05) is 24.1 Å². The quantitative estimate of drug-likeness (QED) is 0.748. The number of amides is 2. The first kappa shape index (κ1) is 17.2. The van der Waals surface area contributed by atoms with Crippen molar-refractivity contribution < 1.29 is 18.4 Å². The van der Waals surface area contributed by atoms with Gasteiger partial charge in [-0.05, 0) is 30.3 Å². The van der Waals surface area contributed by atoms with E-state index in [-0.39, 0.29) is 16.8 Å². The molecule has 2 amide bonds. The molecule has 0 unspecified atom stereocenters. The number of pyridine rings is 1. The Bertz CT molecular complexity index is 962. The number of hydrogen-bond acceptors (Lipinski definition) is 3. The molecule has 0 spiro atoms. The maximum absolute atomic E-state index is 13.6. The van der Waals surface area contributed by atoms with E-state index in [1.807, 2.05) is 6.07 Å². The molecule has 0 fully saturated rings. The average molecular weight is 353 g/mol. The van der Waals surface area contributed by atoms with Gasteiger partial charge in [-0.1, -0.05) is 18.2 Å². The van der Waals surface area contributed by atoms with Crippen LogP contribution in [0.4, 0.5) is 20.2 Å². The number of aromatic nitrogens is 1. The number of para-hydroxylation sites is 1. The fourth-order valence-electron chi connectivity index (χ4n) is 2.20. The predicted octanol–water partition coefficient (Wildman–Crippen LogP) is 3.86. The molecule has 2 aromatic carbocycles. The minimum atomic E-state index is -0.899. The standard InChI is InChI=1S/C19H13F2N3O2/c20-14-6-7-17(16(21)9-14)24-19(26)13-8-12(10-22-11-13)18(25)23-15-4-2-1-3-5-15/h1-11H,(H,23,25)(H,24,26). The first-order chi connectivity index (χ1) is 12.5. The second kappa shape index (κ2) is 7.52. The molecule has 3 rings (SSSR count). The Morgan fingerprint density at radius 2 is 1.46 bits per heavy atom. The molecule has 0 aliphatic heterocycles. The van der Waals surface area contributed by atoms with Crippen molar-refractivity contribution >= 4 is 23.2 Å². The zero-order valence-corrected chi connectivity index (χ0v) is 13.4. The van der Waals surface area contributed by atoms with Crippen LogP contribution in [0.5, 0.6) is 0 Å². The van der Waals surface area contributed by atoms with E-state index in [2.05, 4.69) is 15.6 Å².